The lowest BCUT2D eigenvalue weighted by atomic mass is 9.86. The van der Waals surface area contributed by atoms with Crippen molar-refractivity contribution in [1.82, 2.24) is 5.06 Å². The second-order valence-corrected chi connectivity index (χ2v) is 7.76. The molecule has 0 radical (unpaired) electrons. The van der Waals surface area contributed by atoms with Crippen LogP contribution in [-0.4, -0.2) is 17.2 Å². The molecule has 2 heteroatoms. The van der Waals surface area contributed by atoms with Gasteiger partial charge < -0.3 is 0 Å². The molecule has 2 unspecified atom stereocenters. The van der Waals surface area contributed by atoms with Gasteiger partial charge >= 0.3 is 0 Å². The summed E-state index contributed by atoms with van der Waals surface area (Å²) >= 11 is 0. The van der Waals surface area contributed by atoms with E-state index in [2.05, 4.69) is 70.0 Å². The highest BCUT2D eigenvalue weighted by atomic mass is 16.7. The van der Waals surface area contributed by atoms with Crippen molar-refractivity contribution in [2.45, 2.75) is 84.9 Å². The lowest BCUT2D eigenvalue weighted by Gasteiger charge is -2.40. The fraction of sp³-hybridized carbons (Fsp3) is 0.714. The zero-order valence-electron chi connectivity index (χ0n) is 15.7. The molecule has 0 N–H and O–H groups in total. The highest BCUT2D eigenvalue weighted by Crippen LogP contribution is 2.34. The summed E-state index contributed by atoms with van der Waals surface area (Å²) in [4.78, 5) is 6.56. The van der Waals surface area contributed by atoms with E-state index in [1.807, 2.05) is 0 Å². The minimum Gasteiger partial charge on any atom is -0.295 e. The molecule has 2 nitrogen and oxygen atoms in total. The summed E-state index contributed by atoms with van der Waals surface area (Å²) in [5, 5.41) is 2.26. The van der Waals surface area contributed by atoms with E-state index in [1.54, 1.807) is 0 Å². The molecular weight excluding hydrogens is 282 g/mol. The number of hydrogen-bond donors (Lipinski definition) is 0. The third kappa shape index (κ3) is 5.06. The summed E-state index contributed by atoms with van der Waals surface area (Å²) in [5.74, 6) is 1.23. The molecular formula is C21H35NO. The standard InChI is InChI=1S/C21H35NO/c1-16(2)21(20-14-10-7-11-15-20)22(17(3)4)23-18(5)19-12-8-6-9-13-19/h7,10-11,14-19,21H,6,8-9,12-13H2,1-5H3. The van der Waals surface area contributed by atoms with E-state index in [-0.39, 0.29) is 0 Å². The summed E-state index contributed by atoms with van der Waals surface area (Å²) < 4.78 is 0. The second kappa shape index (κ2) is 8.84. The van der Waals surface area contributed by atoms with Crippen LogP contribution in [0.2, 0.25) is 0 Å². The van der Waals surface area contributed by atoms with Crippen molar-refractivity contribution in [3.8, 4) is 0 Å². The number of rotatable bonds is 7. The van der Waals surface area contributed by atoms with Gasteiger partial charge in [-0.15, -0.1) is 0 Å². The van der Waals surface area contributed by atoms with Gasteiger partial charge in [0.25, 0.3) is 0 Å². The SMILES string of the molecule is CC(C)C(c1ccccc1)N(OC(C)C1CCCCC1)C(C)C. The quantitative estimate of drug-likeness (QED) is 0.572. The fourth-order valence-corrected chi connectivity index (χ4v) is 3.87. The maximum atomic E-state index is 6.56. The summed E-state index contributed by atoms with van der Waals surface area (Å²) in [5.41, 5.74) is 1.35. The molecule has 0 aromatic heterocycles. The maximum Gasteiger partial charge on any atom is 0.0793 e. The lowest BCUT2D eigenvalue weighted by molar-refractivity contribution is -0.256. The van der Waals surface area contributed by atoms with Gasteiger partial charge in [0.15, 0.2) is 0 Å². The van der Waals surface area contributed by atoms with Gasteiger partial charge in [0.05, 0.1) is 12.1 Å². The van der Waals surface area contributed by atoms with E-state index in [0.717, 1.165) is 0 Å². The van der Waals surface area contributed by atoms with E-state index in [1.165, 1.54) is 37.7 Å². The third-order valence-corrected chi connectivity index (χ3v) is 5.16. The first kappa shape index (κ1) is 18.5. The van der Waals surface area contributed by atoms with E-state index in [4.69, 9.17) is 4.84 Å². The molecule has 0 bridgehead atoms. The molecule has 0 amide bonds. The average molecular weight is 318 g/mol. The Bertz CT molecular complexity index is 436. The zero-order valence-corrected chi connectivity index (χ0v) is 15.7. The number of nitrogens with zero attached hydrogens (tertiary/aromatic N) is 1. The summed E-state index contributed by atoms with van der Waals surface area (Å²) in [6, 6.07) is 11.5. The largest absolute Gasteiger partial charge is 0.295 e. The summed E-state index contributed by atoms with van der Waals surface area (Å²) in [6.45, 7) is 11.3. The first-order chi connectivity index (χ1) is 11.0. The summed E-state index contributed by atoms with van der Waals surface area (Å²) in [7, 11) is 0. The van der Waals surface area contributed by atoms with Gasteiger partial charge in [0.1, 0.15) is 0 Å². The molecule has 1 saturated carbocycles. The van der Waals surface area contributed by atoms with Crippen LogP contribution >= 0.6 is 0 Å². The van der Waals surface area contributed by atoms with Crippen molar-refractivity contribution < 1.29 is 4.84 Å². The molecule has 1 aliphatic carbocycles. The Hall–Kier alpha value is -0.860. The van der Waals surface area contributed by atoms with E-state index < -0.39 is 0 Å². The van der Waals surface area contributed by atoms with Crippen molar-refractivity contribution in [2.75, 3.05) is 0 Å². The first-order valence-electron chi connectivity index (χ1n) is 9.50. The minimum absolute atomic E-state index is 0.308. The molecule has 1 aromatic rings. The second-order valence-electron chi connectivity index (χ2n) is 7.76. The normalized spacial score (nSPS) is 19.5. The van der Waals surface area contributed by atoms with Crippen LogP contribution in [0.5, 0.6) is 0 Å². The van der Waals surface area contributed by atoms with E-state index in [9.17, 15) is 0 Å². The molecule has 0 spiro atoms. The fourth-order valence-electron chi connectivity index (χ4n) is 3.87. The van der Waals surface area contributed by atoms with Crippen molar-refractivity contribution in [3.05, 3.63) is 35.9 Å². The van der Waals surface area contributed by atoms with Gasteiger partial charge in [-0.05, 0) is 51.0 Å². The van der Waals surface area contributed by atoms with Gasteiger partial charge in [-0.1, -0.05) is 63.4 Å². The molecule has 1 fully saturated rings. The van der Waals surface area contributed by atoms with Gasteiger partial charge in [-0.25, -0.2) is 0 Å². The molecule has 130 valence electrons. The van der Waals surface area contributed by atoms with Crippen LogP contribution in [0, 0.1) is 11.8 Å². The number of hydrogen-bond acceptors (Lipinski definition) is 2. The van der Waals surface area contributed by atoms with Crippen LogP contribution in [-0.2, 0) is 4.84 Å². The van der Waals surface area contributed by atoms with Gasteiger partial charge in [0.2, 0.25) is 0 Å². The molecule has 1 aliphatic rings. The van der Waals surface area contributed by atoms with Crippen LogP contribution in [0.15, 0.2) is 30.3 Å². The minimum atomic E-state index is 0.308. The molecule has 0 saturated heterocycles. The number of benzene rings is 1. The predicted octanol–water partition coefficient (Wildman–Crippen LogP) is 5.99. The van der Waals surface area contributed by atoms with Crippen LogP contribution in [0.4, 0.5) is 0 Å². The Morgan fingerprint density at radius 2 is 1.52 bits per heavy atom. The maximum absolute atomic E-state index is 6.56. The van der Waals surface area contributed by atoms with Crippen molar-refractivity contribution >= 4 is 0 Å². The first-order valence-corrected chi connectivity index (χ1v) is 9.50. The van der Waals surface area contributed by atoms with Gasteiger partial charge in [-0.2, -0.15) is 5.06 Å². The Morgan fingerprint density at radius 1 is 0.913 bits per heavy atom. The van der Waals surface area contributed by atoms with E-state index >= 15 is 0 Å². The van der Waals surface area contributed by atoms with Crippen LogP contribution < -0.4 is 0 Å². The smallest absolute Gasteiger partial charge is 0.0793 e. The molecule has 0 aliphatic heterocycles. The predicted molar refractivity (Wildman–Crippen MR) is 98.1 cm³/mol. The Balaban J connectivity index is 2.14. The molecule has 1 aromatic carbocycles. The summed E-state index contributed by atoms with van der Waals surface area (Å²) in [6.07, 6.45) is 7.09. The molecule has 2 atom stereocenters. The van der Waals surface area contributed by atoms with E-state index in [0.29, 0.717) is 30.0 Å². The lowest BCUT2D eigenvalue weighted by Crippen LogP contribution is -2.41. The topological polar surface area (TPSA) is 12.5 Å². The van der Waals surface area contributed by atoms with Crippen LogP contribution in [0.1, 0.15) is 78.3 Å². The van der Waals surface area contributed by atoms with Crippen LogP contribution in [0.25, 0.3) is 0 Å². The Morgan fingerprint density at radius 3 is 2.04 bits per heavy atom. The molecule has 2 rings (SSSR count). The zero-order chi connectivity index (χ0) is 16.8. The highest BCUT2D eigenvalue weighted by molar-refractivity contribution is 5.19. The highest BCUT2D eigenvalue weighted by Gasteiger charge is 2.30. The van der Waals surface area contributed by atoms with Crippen LogP contribution in [0.3, 0.4) is 0 Å². The number of hydroxylamine groups is 2. The molecule has 0 heterocycles. The van der Waals surface area contributed by atoms with Gasteiger partial charge in [0, 0.05) is 6.04 Å². The third-order valence-electron chi connectivity index (χ3n) is 5.16. The van der Waals surface area contributed by atoms with Gasteiger partial charge in [-0.3, -0.25) is 4.84 Å². The van der Waals surface area contributed by atoms with Crippen molar-refractivity contribution in [3.63, 3.8) is 0 Å². The van der Waals surface area contributed by atoms with Crippen molar-refractivity contribution in [2.24, 2.45) is 11.8 Å². The monoisotopic (exact) mass is 317 g/mol. The Labute approximate surface area is 143 Å². The Kier molecular flexibility index (Phi) is 7.10. The molecule has 23 heavy (non-hydrogen) atoms. The van der Waals surface area contributed by atoms with Crippen molar-refractivity contribution in [1.29, 1.82) is 0 Å². The average Bonchev–Trinajstić information content (AvgIpc) is 2.55.